The molecule has 0 unspecified atom stereocenters. The summed E-state index contributed by atoms with van der Waals surface area (Å²) in [6, 6.07) is 0. The van der Waals surface area contributed by atoms with E-state index in [1.807, 2.05) is 6.92 Å². The molecule has 0 aliphatic carbocycles. The van der Waals surface area contributed by atoms with E-state index in [4.69, 9.17) is 0 Å². The Kier molecular flexibility index (Phi) is 5.73. The van der Waals surface area contributed by atoms with Crippen molar-refractivity contribution in [1.29, 1.82) is 0 Å². The SMILES string of the molecule is CCCCNC(=O)CNC(=O)C(F)(F)F. The van der Waals surface area contributed by atoms with Gasteiger partial charge in [0.1, 0.15) is 0 Å². The molecule has 0 spiro atoms. The van der Waals surface area contributed by atoms with Crippen LogP contribution in [0, 0.1) is 0 Å². The van der Waals surface area contributed by atoms with Gasteiger partial charge >= 0.3 is 12.1 Å². The van der Waals surface area contributed by atoms with Crippen LogP contribution >= 0.6 is 0 Å². The lowest BCUT2D eigenvalue weighted by atomic mass is 10.3. The molecule has 0 atom stereocenters. The minimum Gasteiger partial charge on any atom is -0.355 e. The maximum Gasteiger partial charge on any atom is 0.471 e. The topological polar surface area (TPSA) is 58.2 Å². The summed E-state index contributed by atoms with van der Waals surface area (Å²) in [5.41, 5.74) is 0. The van der Waals surface area contributed by atoms with Crippen molar-refractivity contribution in [2.24, 2.45) is 0 Å². The van der Waals surface area contributed by atoms with Crippen LogP contribution in [0.3, 0.4) is 0 Å². The summed E-state index contributed by atoms with van der Waals surface area (Å²) in [6.45, 7) is 1.66. The van der Waals surface area contributed by atoms with Crippen LogP contribution in [-0.2, 0) is 9.59 Å². The number of nitrogens with one attached hydrogen (secondary N) is 2. The third kappa shape index (κ3) is 6.75. The fraction of sp³-hybridized carbons (Fsp3) is 0.750. The Morgan fingerprint density at radius 1 is 1.20 bits per heavy atom. The van der Waals surface area contributed by atoms with Crippen molar-refractivity contribution >= 4 is 11.8 Å². The second kappa shape index (κ2) is 6.26. The number of hydrogen-bond acceptors (Lipinski definition) is 2. The van der Waals surface area contributed by atoms with E-state index in [1.54, 1.807) is 0 Å². The second-order valence-electron chi connectivity index (χ2n) is 2.88. The highest BCUT2D eigenvalue weighted by Gasteiger charge is 2.38. The molecule has 0 aromatic carbocycles. The zero-order valence-corrected chi connectivity index (χ0v) is 8.28. The van der Waals surface area contributed by atoms with Crippen molar-refractivity contribution in [3.63, 3.8) is 0 Å². The van der Waals surface area contributed by atoms with Gasteiger partial charge in [0.05, 0.1) is 6.54 Å². The Labute approximate surface area is 85.2 Å². The van der Waals surface area contributed by atoms with Crippen LogP contribution in [0.5, 0.6) is 0 Å². The second-order valence-corrected chi connectivity index (χ2v) is 2.88. The van der Waals surface area contributed by atoms with E-state index in [1.165, 1.54) is 5.32 Å². The van der Waals surface area contributed by atoms with E-state index in [0.29, 0.717) is 6.54 Å². The quantitative estimate of drug-likeness (QED) is 0.674. The summed E-state index contributed by atoms with van der Waals surface area (Å²) in [5.74, 6) is -2.73. The van der Waals surface area contributed by atoms with E-state index < -0.39 is 24.5 Å². The molecule has 15 heavy (non-hydrogen) atoms. The zero-order chi connectivity index (χ0) is 11.9. The van der Waals surface area contributed by atoms with E-state index in [9.17, 15) is 22.8 Å². The fourth-order valence-electron chi connectivity index (χ4n) is 0.728. The molecule has 0 saturated carbocycles. The van der Waals surface area contributed by atoms with Crippen molar-refractivity contribution < 1.29 is 22.8 Å². The van der Waals surface area contributed by atoms with Crippen LogP contribution < -0.4 is 10.6 Å². The summed E-state index contributed by atoms with van der Waals surface area (Å²) in [5, 5.41) is 3.84. The van der Waals surface area contributed by atoms with Gasteiger partial charge in [-0.1, -0.05) is 13.3 Å². The lowest BCUT2D eigenvalue weighted by Gasteiger charge is -2.07. The maximum absolute atomic E-state index is 11.7. The Bertz CT molecular complexity index is 228. The maximum atomic E-state index is 11.7. The lowest BCUT2D eigenvalue weighted by Crippen LogP contribution is -2.43. The van der Waals surface area contributed by atoms with Crippen LogP contribution in [-0.4, -0.2) is 31.1 Å². The van der Waals surface area contributed by atoms with Crippen LogP contribution in [0.4, 0.5) is 13.2 Å². The fourth-order valence-corrected chi connectivity index (χ4v) is 0.728. The molecule has 0 heterocycles. The van der Waals surface area contributed by atoms with Gasteiger partial charge in [-0.05, 0) is 6.42 Å². The summed E-state index contributed by atoms with van der Waals surface area (Å²) < 4.78 is 35.0. The molecular formula is C8H13F3N2O2. The van der Waals surface area contributed by atoms with Crippen molar-refractivity contribution in [1.82, 2.24) is 10.6 Å². The molecule has 2 amide bonds. The van der Waals surface area contributed by atoms with Gasteiger partial charge in [0.2, 0.25) is 5.91 Å². The number of hydrogen-bond donors (Lipinski definition) is 2. The molecule has 0 radical (unpaired) electrons. The number of carbonyl (C=O) groups is 2. The third-order valence-electron chi connectivity index (χ3n) is 1.52. The number of halogens is 3. The van der Waals surface area contributed by atoms with Gasteiger partial charge < -0.3 is 10.6 Å². The molecule has 0 aliphatic heterocycles. The van der Waals surface area contributed by atoms with Crippen LogP contribution in [0.1, 0.15) is 19.8 Å². The zero-order valence-electron chi connectivity index (χ0n) is 8.28. The highest BCUT2D eigenvalue weighted by molar-refractivity contribution is 5.87. The standard InChI is InChI=1S/C8H13F3N2O2/c1-2-3-4-12-6(14)5-13-7(15)8(9,10)11/h2-5H2,1H3,(H,12,14)(H,13,15). The molecule has 0 aromatic rings. The van der Waals surface area contributed by atoms with Gasteiger partial charge in [0, 0.05) is 6.54 Å². The van der Waals surface area contributed by atoms with E-state index in [2.05, 4.69) is 5.32 Å². The number of unbranched alkanes of at least 4 members (excludes halogenated alkanes) is 1. The Morgan fingerprint density at radius 2 is 1.80 bits per heavy atom. The van der Waals surface area contributed by atoms with Gasteiger partial charge in [-0.3, -0.25) is 9.59 Å². The summed E-state index contributed by atoms with van der Waals surface area (Å²) in [6.07, 6.45) is -3.32. The smallest absolute Gasteiger partial charge is 0.355 e. The van der Waals surface area contributed by atoms with Gasteiger partial charge in [0.15, 0.2) is 0 Å². The number of amides is 2. The molecule has 0 aliphatic rings. The van der Waals surface area contributed by atoms with Gasteiger partial charge in [0.25, 0.3) is 0 Å². The molecular weight excluding hydrogens is 213 g/mol. The van der Waals surface area contributed by atoms with E-state index in [-0.39, 0.29) is 0 Å². The average molecular weight is 226 g/mol. The molecule has 2 N–H and O–H groups in total. The lowest BCUT2D eigenvalue weighted by molar-refractivity contribution is -0.173. The monoisotopic (exact) mass is 226 g/mol. The molecule has 0 bridgehead atoms. The van der Waals surface area contributed by atoms with Crippen molar-refractivity contribution in [2.75, 3.05) is 13.1 Å². The normalized spacial score (nSPS) is 10.9. The largest absolute Gasteiger partial charge is 0.471 e. The summed E-state index contributed by atoms with van der Waals surface area (Å²) in [7, 11) is 0. The molecule has 0 aromatic heterocycles. The number of carbonyl (C=O) groups excluding carboxylic acids is 2. The van der Waals surface area contributed by atoms with Crippen LogP contribution in [0.2, 0.25) is 0 Å². The van der Waals surface area contributed by atoms with Gasteiger partial charge in [-0.25, -0.2) is 0 Å². The first kappa shape index (κ1) is 13.7. The Balaban J connectivity index is 3.67. The van der Waals surface area contributed by atoms with Gasteiger partial charge in [-0.2, -0.15) is 13.2 Å². The minimum absolute atomic E-state index is 0.400. The van der Waals surface area contributed by atoms with Gasteiger partial charge in [-0.15, -0.1) is 0 Å². The third-order valence-corrected chi connectivity index (χ3v) is 1.52. The first-order valence-electron chi connectivity index (χ1n) is 4.49. The highest BCUT2D eigenvalue weighted by atomic mass is 19.4. The molecule has 4 nitrogen and oxygen atoms in total. The predicted molar refractivity (Wildman–Crippen MR) is 47.0 cm³/mol. The van der Waals surface area contributed by atoms with Crippen molar-refractivity contribution in [2.45, 2.75) is 25.9 Å². The first-order chi connectivity index (χ1) is 6.88. The number of alkyl halides is 3. The van der Waals surface area contributed by atoms with E-state index >= 15 is 0 Å². The molecule has 0 saturated heterocycles. The average Bonchev–Trinajstić information content (AvgIpc) is 2.13. The Morgan fingerprint density at radius 3 is 2.27 bits per heavy atom. The molecule has 88 valence electrons. The number of rotatable bonds is 5. The van der Waals surface area contributed by atoms with Crippen LogP contribution in [0.15, 0.2) is 0 Å². The summed E-state index contributed by atoms with van der Waals surface area (Å²) in [4.78, 5) is 21.1. The van der Waals surface area contributed by atoms with E-state index in [0.717, 1.165) is 12.8 Å². The van der Waals surface area contributed by atoms with Crippen molar-refractivity contribution in [3.05, 3.63) is 0 Å². The van der Waals surface area contributed by atoms with Crippen molar-refractivity contribution in [3.8, 4) is 0 Å². The summed E-state index contributed by atoms with van der Waals surface area (Å²) >= 11 is 0. The Hall–Kier alpha value is -1.27. The van der Waals surface area contributed by atoms with Crippen LogP contribution in [0.25, 0.3) is 0 Å². The molecule has 0 rings (SSSR count). The minimum atomic E-state index is -4.94. The highest BCUT2D eigenvalue weighted by Crippen LogP contribution is 2.13. The molecule has 0 fully saturated rings. The predicted octanol–water partition coefficient (Wildman–Crippen LogP) is 0.581. The molecule has 7 heteroatoms. The first-order valence-corrected chi connectivity index (χ1v) is 4.49.